The van der Waals surface area contributed by atoms with Gasteiger partial charge in [-0.15, -0.1) is 0 Å². The van der Waals surface area contributed by atoms with E-state index in [0.29, 0.717) is 13.2 Å². The summed E-state index contributed by atoms with van der Waals surface area (Å²) in [6.45, 7) is 4.01. The van der Waals surface area contributed by atoms with Gasteiger partial charge in [-0.3, -0.25) is 0 Å². The zero-order chi connectivity index (χ0) is 16.9. The molecule has 2 atom stereocenters. The quantitative estimate of drug-likeness (QED) is 0.827. The lowest BCUT2D eigenvalue weighted by atomic mass is 10.1. The summed E-state index contributed by atoms with van der Waals surface area (Å²) in [7, 11) is 0. The van der Waals surface area contributed by atoms with E-state index in [0.717, 1.165) is 23.0 Å². The van der Waals surface area contributed by atoms with E-state index in [-0.39, 0.29) is 18.1 Å². The molecule has 1 fully saturated rings. The van der Waals surface area contributed by atoms with Crippen LogP contribution in [0.2, 0.25) is 0 Å². The molecule has 24 heavy (non-hydrogen) atoms. The molecule has 0 spiro atoms. The Hall–Kier alpha value is -1.27. The number of benzene rings is 2. The number of hydrogen-bond donors (Lipinski definition) is 1. The molecule has 1 saturated heterocycles. The molecular formula is C19H21BrFNO2. The van der Waals surface area contributed by atoms with Gasteiger partial charge in [0.25, 0.3) is 0 Å². The smallest absolute Gasteiger partial charge is 0.176 e. The van der Waals surface area contributed by atoms with Crippen LogP contribution >= 0.6 is 15.9 Å². The molecule has 2 aromatic rings. The molecule has 3 nitrogen and oxygen atoms in total. The van der Waals surface area contributed by atoms with Crippen LogP contribution in [0.4, 0.5) is 4.39 Å². The number of ether oxygens (including phenoxy) is 2. The molecule has 0 aliphatic carbocycles. The number of halogens is 2. The minimum absolute atomic E-state index is 0.0800. The van der Waals surface area contributed by atoms with Gasteiger partial charge in [-0.25, -0.2) is 4.39 Å². The number of nitrogens with one attached hydrogen (secondary N) is 1. The number of hydrogen-bond acceptors (Lipinski definition) is 3. The van der Waals surface area contributed by atoms with E-state index >= 15 is 0 Å². The molecule has 1 N–H and O–H groups in total. The van der Waals surface area contributed by atoms with E-state index in [1.54, 1.807) is 12.1 Å². The minimum Gasteiger partial charge on any atom is -0.350 e. The van der Waals surface area contributed by atoms with Crippen molar-refractivity contribution in [2.45, 2.75) is 25.7 Å². The van der Waals surface area contributed by atoms with Crippen LogP contribution in [-0.4, -0.2) is 26.0 Å². The lowest BCUT2D eigenvalue weighted by molar-refractivity contribution is -0.176. The molecular weight excluding hydrogens is 373 g/mol. The molecule has 0 saturated carbocycles. The van der Waals surface area contributed by atoms with Gasteiger partial charge in [-0.05, 0) is 54.3 Å². The molecule has 5 heteroatoms. The fraction of sp³-hybridized carbons (Fsp3) is 0.368. The molecule has 0 radical (unpaired) electrons. The Morgan fingerprint density at radius 1 is 1.25 bits per heavy atom. The topological polar surface area (TPSA) is 30.5 Å². The first-order valence-electron chi connectivity index (χ1n) is 8.10. The maximum atomic E-state index is 13.1. The van der Waals surface area contributed by atoms with Crippen molar-refractivity contribution in [2.24, 2.45) is 0 Å². The zero-order valence-electron chi connectivity index (χ0n) is 13.6. The second kappa shape index (κ2) is 8.21. The van der Waals surface area contributed by atoms with Crippen LogP contribution in [0.5, 0.6) is 0 Å². The molecule has 0 aromatic heterocycles. The second-order valence-corrected chi connectivity index (χ2v) is 6.90. The second-order valence-electron chi connectivity index (χ2n) is 5.98. The van der Waals surface area contributed by atoms with Crippen LogP contribution in [0.3, 0.4) is 0 Å². The number of aryl methyl sites for hydroxylation is 1. The van der Waals surface area contributed by atoms with Gasteiger partial charge in [0.2, 0.25) is 0 Å². The summed E-state index contributed by atoms with van der Waals surface area (Å²) in [5.41, 5.74) is 3.42. The van der Waals surface area contributed by atoms with Gasteiger partial charge in [-0.1, -0.05) is 34.1 Å². The van der Waals surface area contributed by atoms with Gasteiger partial charge in [-0.2, -0.15) is 0 Å². The molecule has 0 unspecified atom stereocenters. The third-order valence-electron chi connectivity index (χ3n) is 4.02. The van der Waals surface area contributed by atoms with E-state index < -0.39 is 0 Å². The largest absolute Gasteiger partial charge is 0.350 e. The molecule has 0 amide bonds. The van der Waals surface area contributed by atoms with Gasteiger partial charge < -0.3 is 14.8 Å². The fourth-order valence-electron chi connectivity index (χ4n) is 2.92. The van der Waals surface area contributed by atoms with E-state index in [1.165, 1.54) is 23.3 Å². The Labute approximate surface area is 150 Å². The van der Waals surface area contributed by atoms with E-state index in [2.05, 4.69) is 46.4 Å². The van der Waals surface area contributed by atoms with Crippen LogP contribution < -0.4 is 5.32 Å². The maximum absolute atomic E-state index is 13.1. The molecule has 1 aliphatic heterocycles. The van der Waals surface area contributed by atoms with Crippen LogP contribution in [0.1, 0.15) is 22.7 Å². The summed E-state index contributed by atoms with van der Waals surface area (Å²) in [4.78, 5) is 0. The van der Waals surface area contributed by atoms with Gasteiger partial charge >= 0.3 is 0 Å². The lowest BCUT2D eigenvalue weighted by Crippen LogP contribution is -2.43. The van der Waals surface area contributed by atoms with Crippen molar-refractivity contribution in [1.29, 1.82) is 0 Å². The monoisotopic (exact) mass is 393 g/mol. The summed E-state index contributed by atoms with van der Waals surface area (Å²) in [5.74, 6) is -0.238. The first-order chi connectivity index (χ1) is 11.6. The summed E-state index contributed by atoms with van der Waals surface area (Å²) in [6, 6.07) is 12.7. The molecule has 1 aliphatic rings. The van der Waals surface area contributed by atoms with Crippen LogP contribution in [0, 0.1) is 12.7 Å². The normalized spacial score (nSPS) is 21.0. The molecule has 2 aromatic carbocycles. The summed E-state index contributed by atoms with van der Waals surface area (Å²) in [5, 5.41) is 3.39. The highest BCUT2D eigenvalue weighted by molar-refractivity contribution is 9.10. The van der Waals surface area contributed by atoms with E-state index in [1.807, 2.05) is 0 Å². The lowest BCUT2D eigenvalue weighted by Gasteiger charge is -2.33. The fourth-order valence-corrected chi connectivity index (χ4v) is 3.58. The highest BCUT2D eigenvalue weighted by Crippen LogP contribution is 2.24. The van der Waals surface area contributed by atoms with Crippen molar-refractivity contribution >= 4 is 15.9 Å². The van der Waals surface area contributed by atoms with Crippen LogP contribution in [-0.2, 0) is 15.9 Å². The predicted octanol–water partition coefficient (Wildman–Crippen LogP) is 4.14. The third-order valence-corrected chi connectivity index (χ3v) is 4.48. The van der Waals surface area contributed by atoms with E-state index in [4.69, 9.17) is 9.47 Å². The Morgan fingerprint density at radius 3 is 2.79 bits per heavy atom. The Balaban J connectivity index is 1.60. The van der Waals surface area contributed by atoms with Crippen molar-refractivity contribution in [3.05, 3.63) is 69.4 Å². The average molecular weight is 394 g/mol. The molecule has 0 bridgehead atoms. The van der Waals surface area contributed by atoms with Gasteiger partial charge in [0, 0.05) is 11.0 Å². The Bertz CT molecular complexity index is 657. The summed E-state index contributed by atoms with van der Waals surface area (Å²) < 4.78 is 25.9. The van der Waals surface area contributed by atoms with Gasteiger partial charge in [0.05, 0.1) is 19.3 Å². The van der Waals surface area contributed by atoms with Crippen LogP contribution in [0.25, 0.3) is 0 Å². The third kappa shape index (κ3) is 4.63. The number of rotatable bonds is 5. The SMILES string of the molecule is Cc1cc(Br)cc(CCO[C@@H]2OCCN[C@H]2c2ccc(F)cc2)c1. The maximum Gasteiger partial charge on any atom is 0.176 e. The van der Waals surface area contributed by atoms with Gasteiger partial charge in [0.1, 0.15) is 5.82 Å². The first kappa shape index (κ1) is 17.5. The highest BCUT2D eigenvalue weighted by atomic mass is 79.9. The molecule has 1 heterocycles. The number of morpholine rings is 1. The highest BCUT2D eigenvalue weighted by Gasteiger charge is 2.27. The minimum atomic E-state index is -0.363. The van der Waals surface area contributed by atoms with Gasteiger partial charge in [0.15, 0.2) is 6.29 Å². The Kier molecular flexibility index (Phi) is 6.00. The van der Waals surface area contributed by atoms with Crippen molar-refractivity contribution in [2.75, 3.05) is 19.8 Å². The predicted molar refractivity (Wildman–Crippen MR) is 95.4 cm³/mol. The summed E-state index contributed by atoms with van der Waals surface area (Å²) in [6.07, 6.45) is 0.452. The van der Waals surface area contributed by atoms with E-state index in [9.17, 15) is 4.39 Å². The van der Waals surface area contributed by atoms with Crippen LogP contribution in [0.15, 0.2) is 46.9 Å². The van der Waals surface area contributed by atoms with Crippen molar-refractivity contribution in [3.8, 4) is 0 Å². The van der Waals surface area contributed by atoms with Crippen molar-refractivity contribution in [3.63, 3.8) is 0 Å². The zero-order valence-corrected chi connectivity index (χ0v) is 15.2. The summed E-state index contributed by atoms with van der Waals surface area (Å²) >= 11 is 3.52. The average Bonchev–Trinajstić information content (AvgIpc) is 2.55. The first-order valence-corrected chi connectivity index (χ1v) is 8.89. The van der Waals surface area contributed by atoms with Crippen molar-refractivity contribution < 1.29 is 13.9 Å². The molecule has 3 rings (SSSR count). The van der Waals surface area contributed by atoms with Crippen molar-refractivity contribution in [1.82, 2.24) is 5.32 Å². The Morgan fingerprint density at radius 2 is 2.04 bits per heavy atom. The molecule has 128 valence electrons. The standard InChI is InChI=1S/C19H21BrFNO2/c1-13-10-14(12-16(20)11-13)6-8-23-19-18(22-7-9-24-19)15-2-4-17(21)5-3-15/h2-5,10-12,18-19,22H,6-9H2,1H3/t18-,19+/m0/s1.